The van der Waals surface area contributed by atoms with E-state index in [1.165, 1.54) is 4.31 Å². The van der Waals surface area contributed by atoms with Gasteiger partial charge in [0.2, 0.25) is 15.9 Å². The number of benzene rings is 1. The molecule has 1 amide bonds. The van der Waals surface area contributed by atoms with Crippen molar-refractivity contribution in [1.82, 2.24) is 19.0 Å². The highest BCUT2D eigenvalue weighted by Gasteiger charge is 2.32. The van der Waals surface area contributed by atoms with Crippen molar-refractivity contribution in [3.05, 3.63) is 46.8 Å². The van der Waals surface area contributed by atoms with E-state index in [1.807, 2.05) is 31.2 Å². The first-order chi connectivity index (χ1) is 13.2. The average molecular weight is 405 g/mol. The van der Waals surface area contributed by atoms with Crippen molar-refractivity contribution in [2.75, 3.05) is 26.2 Å². The number of aryl methyl sites for hydroxylation is 3. The second-order valence-corrected chi connectivity index (χ2v) is 9.30. The Labute approximate surface area is 167 Å². The largest absolute Gasteiger partial charge is 0.341 e. The number of hydrogen-bond acceptors (Lipinski definition) is 4. The zero-order valence-corrected chi connectivity index (χ0v) is 17.8. The lowest BCUT2D eigenvalue weighted by molar-refractivity contribution is -0.130. The number of aromatic nitrogens is 2. The van der Waals surface area contributed by atoms with E-state index in [9.17, 15) is 13.2 Å². The van der Waals surface area contributed by atoms with Gasteiger partial charge in [-0.15, -0.1) is 0 Å². The maximum absolute atomic E-state index is 13.2. The van der Waals surface area contributed by atoms with Gasteiger partial charge in [0.15, 0.2) is 0 Å². The second-order valence-electron chi connectivity index (χ2n) is 7.43. The molecule has 1 aromatic carbocycles. The van der Waals surface area contributed by atoms with Crippen molar-refractivity contribution < 1.29 is 13.2 Å². The molecule has 1 aliphatic rings. The SMILES string of the molecule is Cc1cccc(CC(=O)N2CCCN(S(=O)(=O)c3c(C)nn(C)c3C)CC2)c1. The Morgan fingerprint density at radius 3 is 2.50 bits per heavy atom. The van der Waals surface area contributed by atoms with Crippen LogP contribution < -0.4 is 0 Å². The van der Waals surface area contributed by atoms with Crippen molar-refractivity contribution in [3.63, 3.8) is 0 Å². The van der Waals surface area contributed by atoms with Crippen LogP contribution in [0.15, 0.2) is 29.2 Å². The lowest BCUT2D eigenvalue weighted by Crippen LogP contribution is -2.38. The molecule has 1 aromatic heterocycles. The Hall–Kier alpha value is -2.19. The van der Waals surface area contributed by atoms with Gasteiger partial charge in [-0.3, -0.25) is 9.48 Å². The number of rotatable bonds is 4. The van der Waals surface area contributed by atoms with Crippen LogP contribution in [-0.2, 0) is 28.3 Å². The number of carbonyl (C=O) groups excluding carboxylic acids is 1. The molecule has 0 unspecified atom stereocenters. The maximum Gasteiger partial charge on any atom is 0.246 e. The fourth-order valence-electron chi connectivity index (χ4n) is 3.75. The average Bonchev–Trinajstić information content (AvgIpc) is 2.80. The van der Waals surface area contributed by atoms with Crippen LogP contribution in [0.3, 0.4) is 0 Å². The molecule has 0 bridgehead atoms. The van der Waals surface area contributed by atoms with E-state index in [1.54, 1.807) is 30.5 Å². The molecule has 8 heteroatoms. The standard InChI is InChI=1S/C20H28N4O3S/c1-15-7-5-8-18(13-15)14-19(25)23-9-6-10-24(12-11-23)28(26,27)20-16(2)21-22(4)17(20)3/h5,7-8,13H,6,9-12,14H2,1-4H3. The lowest BCUT2D eigenvalue weighted by Gasteiger charge is -2.22. The Balaban J connectivity index is 1.71. The highest BCUT2D eigenvalue weighted by molar-refractivity contribution is 7.89. The van der Waals surface area contributed by atoms with Crippen molar-refractivity contribution in [1.29, 1.82) is 0 Å². The molecule has 0 spiro atoms. The zero-order chi connectivity index (χ0) is 20.5. The van der Waals surface area contributed by atoms with Crippen LogP contribution in [0.4, 0.5) is 0 Å². The van der Waals surface area contributed by atoms with Gasteiger partial charge in [-0.2, -0.15) is 9.40 Å². The molecule has 0 N–H and O–H groups in total. The van der Waals surface area contributed by atoms with Gasteiger partial charge in [0.1, 0.15) is 4.90 Å². The molecule has 7 nitrogen and oxygen atoms in total. The van der Waals surface area contributed by atoms with Crippen molar-refractivity contribution >= 4 is 15.9 Å². The minimum absolute atomic E-state index is 0.0404. The van der Waals surface area contributed by atoms with Crippen LogP contribution in [-0.4, -0.2) is 59.5 Å². The van der Waals surface area contributed by atoms with E-state index in [-0.39, 0.29) is 10.8 Å². The van der Waals surface area contributed by atoms with Crippen molar-refractivity contribution in [2.24, 2.45) is 7.05 Å². The van der Waals surface area contributed by atoms with Crippen molar-refractivity contribution in [2.45, 2.75) is 38.5 Å². The summed E-state index contributed by atoms with van der Waals surface area (Å²) in [6, 6.07) is 7.92. The molecule has 0 aliphatic carbocycles. The fraction of sp³-hybridized carbons (Fsp3) is 0.500. The summed E-state index contributed by atoms with van der Waals surface area (Å²) in [5.41, 5.74) is 3.26. The van der Waals surface area contributed by atoms with Crippen LogP contribution in [0.2, 0.25) is 0 Å². The lowest BCUT2D eigenvalue weighted by atomic mass is 10.1. The van der Waals surface area contributed by atoms with Gasteiger partial charge in [-0.25, -0.2) is 8.42 Å². The van der Waals surface area contributed by atoms with Crippen molar-refractivity contribution in [3.8, 4) is 0 Å². The number of carbonyl (C=O) groups is 1. The minimum Gasteiger partial charge on any atom is -0.341 e. The van der Waals surface area contributed by atoms with Gasteiger partial charge in [-0.05, 0) is 32.8 Å². The van der Waals surface area contributed by atoms with Crippen LogP contribution in [0.1, 0.15) is 28.9 Å². The molecule has 1 aliphatic heterocycles. The Kier molecular flexibility index (Phi) is 5.90. The van der Waals surface area contributed by atoms with Gasteiger partial charge < -0.3 is 4.90 Å². The molecule has 3 rings (SSSR count). The number of sulfonamides is 1. The molecular formula is C20H28N4O3S. The quantitative estimate of drug-likeness (QED) is 0.779. The zero-order valence-electron chi connectivity index (χ0n) is 17.0. The number of amides is 1. The molecule has 152 valence electrons. The van der Waals surface area contributed by atoms with E-state index in [0.29, 0.717) is 50.4 Å². The van der Waals surface area contributed by atoms with E-state index >= 15 is 0 Å². The first-order valence-corrected chi connectivity index (χ1v) is 11.0. The van der Waals surface area contributed by atoms with E-state index in [2.05, 4.69) is 5.10 Å². The molecule has 0 atom stereocenters. The molecule has 28 heavy (non-hydrogen) atoms. The molecule has 0 saturated carbocycles. The predicted molar refractivity (Wildman–Crippen MR) is 108 cm³/mol. The first kappa shape index (κ1) is 20.5. The summed E-state index contributed by atoms with van der Waals surface area (Å²) >= 11 is 0. The van der Waals surface area contributed by atoms with Gasteiger partial charge >= 0.3 is 0 Å². The van der Waals surface area contributed by atoms with E-state index in [4.69, 9.17) is 0 Å². The van der Waals surface area contributed by atoms with Gasteiger partial charge in [0.05, 0.1) is 17.8 Å². The van der Waals surface area contributed by atoms with Gasteiger partial charge in [0.25, 0.3) is 0 Å². The topological polar surface area (TPSA) is 75.5 Å². The third-order valence-electron chi connectivity index (χ3n) is 5.29. The normalized spacial score (nSPS) is 16.2. The second kappa shape index (κ2) is 8.05. The monoisotopic (exact) mass is 404 g/mol. The molecule has 2 aromatic rings. The van der Waals surface area contributed by atoms with Crippen LogP contribution in [0, 0.1) is 20.8 Å². The van der Waals surface area contributed by atoms with Gasteiger partial charge in [-0.1, -0.05) is 29.8 Å². The summed E-state index contributed by atoms with van der Waals surface area (Å²) in [5.74, 6) is 0.0404. The highest BCUT2D eigenvalue weighted by atomic mass is 32.2. The Morgan fingerprint density at radius 1 is 1.11 bits per heavy atom. The third-order valence-corrected chi connectivity index (χ3v) is 7.44. The minimum atomic E-state index is -3.63. The van der Waals surface area contributed by atoms with Crippen LogP contribution >= 0.6 is 0 Å². The summed E-state index contributed by atoms with van der Waals surface area (Å²) in [6.07, 6.45) is 0.965. The third kappa shape index (κ3) is 4.12. The Morgan fingerprint density at radius 2 is 1.86 bits per heavy atom. The van der Waals surface area contributed by atoms with Crippen LogP contribution in [0.25, 0.3) is 0 Å². The fourth-order valence-corrected chi connectivity index (χ4v) is 5.62. The first-order valence-electron chi connectivity index (χ1n) is 9.54. The summed E-state index contributed by atoms with van der Waals surface area (Å²) in [4.78, 5) is 14.8. The summed E-state index contributed by atoms with van der Waals surface area (Å²) in [6.45, 7) is 7.17. The summed E-state index contributed by atoms with van der Waals surface area (Å²) in [7, 11) is -1.88. The van der Waals surface area contributed by atoms with E-state index in [0.717, 1.165) is 11.1 Å². The highest BCUT2D eigenvalue weighted by Crippen LogP contribution is 2.24. The number of nitrogens with zero attached hydrogens (tertiary/aromatic N) is 4. The Bertz CT molecular complexity index is 981. The van der Waals surface area contributed by atoms with E-state index < -0.39 is 10.0 Å². The predicted octanol–water partition coefficient (Wildman–Crippen LogP) is 1.81. The maximum atomic E-state index is 13.2. The van der Waals surface area contributed by atoms with Crippen LogP contribution in [0.5, 0.6) is 0 Å². The van der Waals surface area contributed by atoms with Gasteiger partial charge in [0, 0.05) is 33.2 Å². The molecule has 1 fully saturated rings. The number of hydrogen-bond donors (Lipinski definition) is 0. The molecule has 2 heterocycles. The summed E-state index contributed by atoms with van der Waals surface area (Å²) < 4.78 is 29.4. The molecule has 1 saturated heterocycles. The smallest absolute Gasteiger partial charge is 0.246 e. The summed E-state index contributed by atoms with van der Waals surface area (Å²) in [5, 5.41) is 4.24. The molecule has 0 radical (unpaired) electrons. The molecular weight excluding hydrogens is 376 g/mol.